The maximum atomic E-state index is 11.6. The van der Waals surface area contributed by atoms with Crippen LogP contribution in [0.25, 0.3) is 11.0 Å². The Morgan fingerprint density at radius 3 is 2.96 bits per heavy atom. The van der Waals surface area contributed by atoms with Crippen LogP contribution in [0.2, 0.25) is 0 Å². The number of carbonyl (C=O) groups is 1. The van der Waals surface area contributed by atoms with Crippen molar-refractivity contribution in [2.45, 2.75) is 36.3 Å². The lowest BCUT2D eigenvalue weighted by Gasteiger charge is -2.42. The summed E-state index contributed by atoms with van der Waals surface area (Å²) in [5, 5.41) is 0.516. The number of nitrogens with zero attached hydrogens (tertiary/aromatic N) is 1. The minimum atomic E-state index is -0.775. The van der Waals surface area contributed by atoms with E-state index in [1.54, 1.807) is 12.1 Å². The minimum absolute atomic E-state index is 0.296. The predicted molar refractivity (Wildman–Crippen MR) is 100 cm³/mol. The van der Waals surface area contributed by atoms with E-state index in [-0.39, 0.29) is 5.38 Å². The first-order chi connectivity index (χ1) is 12.5. The minimum Gasteiger partial charge on any atom is -0.458 e. The third-order valence-electron chi connectivity index (χ3n) is 5.57. The van der Waals surface area contributed by atoms with Crippen LogP contribution in [0.3, 0.4) is 0 Å². The van der Waals surface area contributed by atoms with Gasteiger partial charge in [0.25, 0.3) is 5.91 Å². The molecule has 7 heteroatoms. The number of amides is 1. The smallest absolute Gasteiger partial charge is 0.252 e. The number of nitrogens with two attached hydrogens (primary N) is 2. The summed E-state index contributed by atoms with van der Waals surface area (Å²) >= 11 is 6.71. The van der Waals surface area contributed by atoms with E-state index in [0.29, 0.717) is 36.0 Å². The van der Waals surface area contributed by atoms with Crippen molar-refractivity contribution in [1.82, 2.24) is 4.90 Å². The van der Waals surface area contributed by atoms with E-state index in [2.05, 4.69) is 4.90 Å². The van der Waals surface area contributed by atoms with E-state index in [9.17, 15) is 4.79 Å². The van der Waals surface area contributed by atoms with Gasteiger partial charge in [-0.05, 0) is 31.4 Å². The fraction of sp³-hybridized carbons (Fsp3) is 0.526. The van der Waals surface area contributed by atoms with Crippen LogP contribution in [0, 0.1) is 0 Å². The summed E-state index contributed by atoms with van der Waals surface area (Å²) in [5.74, 6) is 0.0920. The summed E-state index contributed by atoms with van der Waals surface area (Å²) in [4.78, 5) is 14.0. The number of piperidine rings is 1. The predicted octanol–water partition coefficient (Wildman–Crippen LogP) is 2.18. The molecular formula is C19H24ClN3O3. The molecule has 0 spiro atoms. The van der Waals surface area contributed by atoms with Crippen LogP contribution in [-0.4, -0.2) is 48.5 Å². The summed E-state index contributed by atoms with van der Waals surface area (Å²) in [6.07, 6.45) is 3.22. The van der Waals surface area contributed by atoms with E-state index in [1.807, 2.05) is 12.1 Å². The van der Waals surface area contributed by atoms with Crippen molar-refractivity contribution >= 4 is 28.5 Å². The number of ether oxygens (including phenoxy) is 1. The molecule has 4 N–H and O–H groups in total. The number of furan rings is 1. The molecule has 1 aromatic carbocycles. The van der Waals surface area contributed by atoms with Gasteiger partial charge in [0, 0.05) is 31.6 Å². The molecule has 0 radical (unpaired) electrons. The number of hydrogen-bond donors (Lipinski definition) is 2. The van der Waals surface area contributed by atoms with E-state index < -0.39 is 11.4 Å². The number of para-hydroxylation sites is 1. The van der Waals surface area contributed by atoms with Gasteiger partial charge >= 0.3 is 0 Å². The lowest BCUT2D eigenvalue weighted by atomic mass is 9.85. The quantitative estimate of drug-likeness (QED) is 0.796. The SMILES string of the molecule is NC(=O)c1cccc2cc(C3(N)CCN(CC4CCCO4)CC3Cl)oc12. The highest BCUT2D eigenvalue weighted by molar-refractivity contribution is 6.21. The molecule has 2 aliphatic heterocycles. The molecule has 2 fully saturated rings. The zero-order chi connectivity index (χ0) is 18.3. The van der Waals surface area contributed by atoms with E-state index in [1.165, 1.54) is 0 Å². The van der Waals surface area contributed by atoms with Crippen molar-refractivity contribution in [3.05, 3.63) is 35.6 Å². The first kappa shape index (κ1) is 17.8. The van der Waals surface area contributed by atoms with Crippen molar-refractivity contribution in [1.29, 1.82) is 0 Å². The fourth-order valence-electron chi connectivity index (χ4n) is 3.99. The van der Waals surface area contributed by atoms with Gasteiger partial charge in [0.05, 0.1) is 22.6 Å². The molecule has 2 saturated heterocycles. The van der Waals surface area contributed by atoms with Gasteiger partial charge in [-0.1, -0.05) is 12.1 Å². The molecule has 2 aliphatic rings. The zero-order valence-corrected chi connectivity index (χ0v) is 15.4. The van der Waals surface area contributed by atoms with Crippen LogP contribution >= 0.6 is 11.6 Å². The number of likely N-dealkylation sites (tertiary alicyclic amines) is 1. The fourth-order valence-corrected chi connectivity index (χ4v) is 4.40. The molecule has 3 unspecified atom stereocenters. The molecular weight excluding hydrogens is 354 g/mol. The maximum Gasteiger partial charge on any atom is 0.252 e. The van der Waals surface area contributed by atoms with Gasteiger partial charge in [-0.3, -0.25) is 9.69 Å². The molecule has 0 aliphatic carbocycles. The second kappa shape index (κ2) is 6.85. The number of fused-ring (bicyclic) bond motifs is 1. The maximum absolute atomic E-state index is 11.6. The molecule has 1 amide bonds. The number of alkyl halides is 1. The molecule has 2 aromatic rings. The lowest BCUT2D eigenvalue weighted by molar-refractivity contribution is 0.0546. The van der Waals surface area contributed by atoms with E-state index >= 15 is 0 Å². The Hall–Kier alpha value is -1.60. The van der Waals surface area contributed by atoms with Gasteiger partial charge in [0.15, 0.2) is 0 Å². The molecule has 1 aromatic heterocycles. The van der Waals surface area contributed by atoms with Crippen LogP contribution < -0.4 is 11.5 Å². The topological polar surface area (TPSA) is 94.7 Å². The van der Waals surface area contributed by atoms with Gasteiger partial charge in [0.2, 0.25) is 0 Å². The zero-order valence-electron chi connectivity index (χ0n) is 14.6. The highest BCUT2D eigenvalue weighted by atomic mass is 35.5. The summed E-state index contributed by atoms with van der Waals surface area (Å²) in [5.41, 5.74) is 12.2. The number of hydrogen-bond acceptors (Lipinski definition) is 5. The average molecular weight is 378 g/mol. The second-order valence-electron chi connectivity index (χ2n) is 7.35. The van der Waals surface area contributed by atoms with Gasteiger partial charge in [-0.15, -0.1) is 11.6 Å². The second-order valence-corrected chi connectivity index (χ2v) is 7.88. The summed E-state index contributed by atoms with van der Waals surface area (Å²) in [6, 6.07) is 7.21. The molecule has 4 rings (SSSR count). The molecule has 0 bridgehead atoms. The van der Waals surface area contributed by atoms with E-state index in [0.717, 1.165) is 37.9 Å². The van der Waals surface area contributed by atoms with Crippen LogP contribution in [0.15, 0.2) is 28.7 Å². The van der Waals surface area contributed by atoms with Gasteiger partial charge in [0.1, 0.15) is 11.3 Å². The molecule has 26 heavy (non-hydrogen) atoms. The first-order valence-electron chi connectivity index (χ1n) is 9.07. The van der Waals surface area contributed by atoms with Crippen LogP contribution in [-0.2, 0) is 10.3 Å². The lowest BCUT2D eigenvalue weighted by Crippen LogP contribution is -2.57. The molecule has 140 valence electrons. The Labute approximate surface area is 157 Å². The molecule has 3 heterocycles. The van der Waals surface area contributed by atoms with Crippen LogP contribution in [0.4, 0.5) is 0 Å². The average Bonchev–Trinajstić information content (AvgIpc) is 3.27. The van der Waals surface area contributed by atoms with Crippen LogP contribution in [0.1, 0.15) is 35.4 Å². The third kappa shape index (κ3) is 3.11. The number of carbonyl (C=O) groups excluding carboxylic acids is 1. The highest BCUT2D eigenvalue weighted by Crippen LogP contribution is 2.38. The third-order valence-corrected chi connectivity index (χ3v) is 6.10. The standard InChI is InChI=1S/C19H24ClN3O3/c20-15-11-23(10-13-4-2-8-25-13)7-6-19(15,22)16-9-12-3-1-5-14(18(21)24)17(12)26-16/h1,3,5,9,13,15H,2,4,6-8,10-11,22H2,(H2,21,24). The number of benzene rings is 1. The Bertz CT molecular complexity index is 817. The molecule has 6 nitrogen and oxygen atoms in total. The Kier molecular flexibility index (Phi) is 4.69. The summed E-state index contributed by atoms with van der Waals surface area (Å²) in [7, 11) is 0. The Morgan fingerprint density at radius 2 is 2.27 bits per heavy atom. The normalized spacial score (nSPS) is 30.1. The Balaban J connectivity index is 1.56. The first-order valence-corrected chi connectivity index (χ1v) is 9.51. The number of halogens is 1. The van der Waals surface area contributed by atoms with Gasteiger partial charge in [-0.2, -0.15) is 0 Å². The Morgan fingerprint density at radius 1 is 1.42 bits per heavy atom. The van der Waals surface area contributed by atoms with Gasteiger partial charge < -0.3 is 20.6 Å². The summed E-state index contributed by atoms with van der Waals surface area (Å²) in [6.45, 7) is 3.26. The summed E-state index contributed by atoms with van der Waals surface area (Å²) < 4.78 is 11.7. The monoisotopic (exact) mass is 377 g/mol. The van der Waals surface area contributed by atoms with Gasteiger partial charge in [-0.25, -0.2) is 0 Å². The van der Waals surface area contributed by atoms with Crippen molar-refractivity contribution in [2.24, 2.45) is 11.5 Å². The van der Waals surface area contributed by atoms with E-state index in [4.69, 9.17) is 32.2 Å². The van der Waals surface area contributed by atoms with Crippen molar-refractivity contribution < 1.29 is 13.9 Å². The van der Waals surface area contributed by atoms with Crippen molar-refractivity contribution in [3.63, 3.8) is 0 Å². The molecule has 0 saturated carbocycles. The largest absolute Gasteiger partial charge is 0.458 e. The van der Waals surface area contributed by atoms with Crippen molar-refractivity contribution in [3.8, 4) is 0 Å². The van der Waals surface area contributed by atoms with Crippen LogP contribution in [0.5, 0.6) is 0 Å². The highest BCUT2D eigenvalue weighted by Gasteiger charge is 2.43. The number of primary amides is 1. The van der Waals surface area contributed by atoms with Crippen molar-refractivity contribution in [2.75, 3.05) is 26.2 Å². The molecule has 3 atom stereocenters. The number of rotatable bonds is 4.